The van der Waals surface area contributed by atoms with E-state index in [9.17, 15) is 4.79 Å². The molecule has 1 N–H and O–H groups in total. The number of rotatable bonds is 13. The van der Waals surface area contributed by atoms with Crippen LogP contribution < -0.4 is 4.90 Å². The highest BCUT2D eigenvalue weighted by Gasteiger charge is 2.46. The minimum atomic E-state index is -0.707. The van der Waals surface area contributed by atoms with Crippen LogP contribution in [-0.4, -0.2) is 17.6 Å². The predicted molar refractivity (Wildman–Crippen MR) is 206 cm³/mol. The van der Waals surface area contributed by atoms with E-state index in [1.807, 2.05) is 0 Å². The smallest absolute Gasteiger partial charge is 0.303 e. The summed E-state index contributed by atoms with van der Waals surface area (Å²) in [5.41, 5.74) is 8.96. The fourth-order valence-corrected chi connectivity index (χ4v) is 8.58. The van der Waals surface area contributed by atoms with E-state index in [4.69, 9.17) is 11.7 Å². The summed E-state index contributed by atoms with van der Waals surface area (Å²) < 4.78 is 0. The largest absolute Gasteiger partial charge is 0.481 e. The van der Waals surface area contributed by atoms with Gasteiger partial charge in [-0.05, 0) is 89.8 Å². The van der Waals surface area contributed by atoms with Gasteiger partial charge in [0.2, 0.25) is 0 Å². The number of anilines is 1. The van der Waals surface area contributed by atoms with Gasteiger partial charge in [-0.2, -0.15) is 0 Å². The number of fused-ring (bicyclic) bond motifs is 3. The zero-order valence-corrected chi connectivity index (χ0v) is 29.3. The summed E-state index contributed by atoms with van der Waals surface area (Å²) in [6, 6.07) is 32.9. The Kier molecular flexibility index (Phi) is 10.7. The standard InChI is InChI=1S/C46H51NO2/c1-35-29-30-38-23-13-14-24-39(38)44(35)45(3,34-37-21-9-5-10-22-37)36(2)20-8-4-11-27-42-46(31-17-7-18-32-46)40-25-15-16-26-41(40)47(42)33-19-6-12-28-43(48)49/h4-5,8-11,13-16,20-27,29-30H,2,6-7,12,17-19,28,31-34H2,1,3H3,(H,48,49)/b11-4+,20-8+,42-27-. The van der Waals surface area contributed by atoms with Gasteiger partial charge < -0.3 is 10.0 Å². The maximum absolute atomic E-state index is 11.1. The van der Waals surface area contributed by atoms with Crippen LogP contribution in [0.2, 0.25) is 0 Å². The lowest BCUT2D eigenvalue weighted by atomic mass is 9.68. The van der Waals surface area contributed by atoms with Gasteiger partial charge >= 0.3 is 5.97 Å². The number of aryl methyl sites for hydroxylation is 1. The molecule has 2 aliphatic rings. The molecule has 3 heteroatoms. The van der Waals surface area contributed by atoms with Crippen molar-refractivity contribution in [2.45, 2.75) is 88.9 Å². The van der Waals surface area contributed by atoms with Crippen molar-refractivity contribution < 1.29 is 9.90 Å². The van der Waals surface area contributed by atoms with E-state index in [-0.39, 0.29) is 17.3 Å². The van der Waals surface area contributed by atoms with Gasteiger partial charge in [0, 0.05) is 35.2 Å². The SMILES string of the molecule is C=C(/C=C/C=C/C=C1\N(CCCCCC(=O)O)c2ccccc2C12CCCCC2)C(C)(Cc1ccccc1)c1c(C)ccc2ccccc12. The van der Waals surface area contributed by atoms with Crippen molar-refractivity contribution in [3.63, 3.8) is 0 Å². The van der Waals surface area contributed by atoms with Gasteiger partial charge in [0.15, 0.2) is 0 Å². The second kappa shape index (κ2) is 15.3. The van der Waals surface area contributed by atoms with Crippen LogP contribution in [0, 0.1) is 6.92 Å². The van der Waals surface area contributed by atoms with E-state index in [1.54, 1.807) is 0 Å². The first-order valence-corrected chi connectivity index (χ1v) is 18.2. The van der Waals surface area contributed by atoms with Crippen LogP contribution in [0.25, 0.3) is 10.8 Å². The molecule has 0 saturated heterocycles. The molecule has 0 bridgehead atoms. The lowest BCUT2D eigenvalue weighted by Gasteiger charge is -2.37. The number of allylic oxidation sites excluding steroid dienone is 7. The normalized spacial score (nSPS) is 17.7. The quantitative estimate of drug-likeness (QED) is 0.116. The van der Waals surface area contributed by atoms with Crippen LogP contribution >= 0.6 is 0 Å². The molecule has 1 aliphatic carbocycles. The van der Waals surface area contributed by atoms with Crippen molar-refractivity contribution >= 4 is 22.4 Å². The number of benzene rings is 4. The number of carboxylic acid groups (broad SMARTS) is 1. The third-order valence-corrected chi connectivity index (χ3v) is 11.0. The number of aliphatic carboxylic acids is 1. The van der Waals surface area contributed by atoms with Crippen molar-refractivity contribution in [1.82, 2.24) is 0 Å². The number of para-hydroxylation sites is 1. The highest BCUT2D eigenvalue weighted by Crippen LogP contribution is 2.55. The fraction of sp³-hybridized carbons (Fsp3) is 0.326. The molecule has 252 valence electrons. The average Bonchev–Trinajstić information content (AvgIpc) is 3.35. The molecule has 1 atom stereocenters. The second-order valence-corrected chi connectivity index (χ2v) is 14.3. The molecule has 0 aromatic heterocycles. The monoisotopic (exact) mass is 649 g/mol. The molecule has 4 aromatic carbocycles. The Morgan fingerprint density at radius 2 is 1.59 bits per heavy atom. The van der Waals surface area contributed by atoms with Crippen LogP contribution in [0.4, 0.5) is 5.69 Å². The topological polar surface area (TPSA) is 40.5 Å². The first-order chi connectivity index (χ1) is 23.8. The van der Waals surface area contributed by atoms with E-state index >= 15 is 0 Å². The Labute approximate surface area is 293 Å². The molecule has 0 amide bonds. The molecule has 3 nitrogen and oxygen atoms in total. The number of carboxylic acids is 1. The van der Waals surface area contributed by atoms with Gasteiger partial charge in [0.1, 0.15) is 0 Å². The number of hydrogen-bond donors (Lipinski definition) is 1. The highest BCUT2D eigenvalue weighted by molar-refractivity contribution is 5.88. The van der Waals surface area contributed by atoms with Gasteiger partial charge in [0.05, 0.1) is 0 Å². The van der Waals surface area contributed by atoms with Gasteiger partial charge in [0.25, 0.3) is 0 Å². The van der Waals surface area contributed by atoms with Crippen molar-refractivity contribution in [2.24, 2.45) is 0 Å². The third kappa shape index (κ3) is 7.22. The summed E-state index contributed by atoms with van der Waals surface area (Å²) in [7, 11) is 0. The van der Waals surface area contributed by atoms with Crippen LogP contribution in [-0.2, 0) is 22.0 Å². The Morgan fingerprint density at radius 1 is 0.857 bits per heavy atom. The third-order valence-electron chi connectivity index (χ3n) is 11.0. The molecule has 6 rings (SSSR count). The number of carbonyl (C=O) groups is 1. The summed E-state index contributed by atoms with van der Waals surface area (Å²) in [5, 5.41) is 11.7. The van der Waals surface area contributed by atoms with Gasteiger partial charge in [-0.25, -0.2) is 0 Å². The van der Waals surface area contributed by atoms with E-state index in [0.29, 0.717) is 0 Å². The zero-order chi connectivity index (χ0) is 34.3. The first-order valence-electron chi connectivity index (χ1n) is 18.2. The maximum Gasteiger partial charge on any atom is 0.303 e. The Hall–Kier alpha value is -4.63. The molecular weight excluding hydrogens is 599 g/mol. The van der Waals surface area contributed by atoms with Crippen molar-refractivity contribution in [2.75, 3.05) is 11.4 Å². The van der Waals surface area contributed by atoms with Gasteiger partial charge in [-0.3, -0.25) is 4.79 Å². The fourth-order valence-electron chi connectivity index (χ4n) is 8.58. The van der Waals surface area contributed by atoms with Crippen LogP contribution in [0.3, 0.4) is 0 Å². The molecule has 1 saturated carbocycles. The van der Waals surface area contributed by atoms with Crippen molar-refractivity contribution in [3.05, 3.63) is 161 Å². The zero-order valence-electron chi connectivity index (χ0n) is 29.3. The van der Waals surface area contributed by atoms with Gasteiger partial charge in [-0.15, -0.1) is 0 Å². The predicted octanol–water partition coefficient (Wildman–Crippen LogP) is 11.6. The Morgan fingerprint density at radius 3 is 2.39 bits per heavy atom. The summed E-state index contributed by atoms with van der Waals surface area (Å²) in [6.45, 7) is 10.2. The molecule has 1 aliphatic heterocycles. The van der Waals surface area contributed by atoms with E-state index < -0.39 is 5.97 Å². The summed E-state index contributed by atoms with van der Waals surface area (Å²) in [5.74, 6) is -0.707. The molecule has 4 aromatic rings. The van der Waals surface area contributed by atoms with Crippen molar-refractivity contribution in [1.29, 1.82) is 0 Å². The lowest BCUT2D eigenvalue weighted by molar-refractivity contribution is -0.137. The number of nitrogens with zero attached hydrogens (tertiary/aromatic N) is 1. The molecule has 49 heavy (non-hydrogen) atoms. The first kappa shape index (κ1) is 34.2. The molecule has 0 radical (unpaired) electrons. The molecule has 1 unspecified atom stereocenters. The van der Waals surface area contributed by atoms with Gasteiger partial charge in [-0.1, -0.05) is 148 Å². The Bertz CT molecular complexity index is 1870. The van der Waals surface area contributed by atoms with Crippen LogP contribution in [0.1, 0.15) is 87.0 Å². The van der Waals surface area contributed by atoms with E-state index in [1.165, 1.54) is 76.5 Å². The summed E-state index contributed by atoms with van der Waals surface area (Å²) >= 11 is 0. The maximum atomic E-state index is 11.1. The molecular formula is C46H51NO2. The van der Waals surface area contributed by atoms with E-state index in [0.717, 1.165) is 37.8 Å². The van der Waals surface area contributed by atoms with Crippen LogP contribution in [0.15, 0.2) is 139 Å². The number of unbranched alkanes of at least 4 members (excludes halogenated alkanes) is 2. The molecule has 1 spiro atoms. The highest BCUT2D eigenvalue weighted by atomic mass is 16.4. The second-order valence-electron chi connectivity index (χ2n) is 14.3. The molecule has 1 fully saturated rings. The molecule has 1 heterocycles. The number of hydrogen-bond acceptors (Lipinski definition) is 2. The minimum absolute atomic E-state index is 0.0493. The van der Waals surface area contributed by atoms with E-state index in [2.05, 4.69) is 140 Å². The van der Waals surface area contributed by atoms with Crippen molar-refractivity contribution in [3.8, 4) is 0 Å². The average molecular weight is 650 g/mol. The minimum Gasteiger partial charge on any atom is -0.481 e. The summed E-state index contributed by atoms with van der Waals surface area (Å²) in [4.78, 5) is 13.6. The lowest BCUT2D eigenvalue weighted by Crippen LogP contribution is -2.33. The Balaban J connectivity index is 1.29. The summed E-state index contributed by atoms with van der Waals surface area (Å²) in [6.07, 6.45) is 21.0. The van der Waals surface area contributed by atoms with Crippen LogP contribution in [0.5, 0.6) is 0 Å².